The van der Waals surface area contributed by atoms with Crippen molar-refractivity contribution in [1.29, 1.82) is 0 Å². The molecule has 1 aliphatic rings. The summed E-state index contributed by atoms with van der Waals surface area (Å²) >= 11 is 0. The van der Waals surface area contributed by atoms with Crippen LogP contribution >= 0.6 is 0 Å². The average molecular weight is 286 g/mol. The van der Waals surface area contributed by atoms with Crippen LogP contribution in [0.2, 0.25) is 0 Å². The minimum absolute atomic E-state index is 0.0997. The van der Waals surface area contributed by atoms with Crippen molar-refractivity contribution < 1.29 is 19.8 Å². The minimum atomic E-state index is -1.05. The molecule has 0 radical (unpaired) electrons. The fourth-order valence-electron chi connectivity index (χ4n) is 2.55. The summed E-state index contributed by atoms with van der Waals surface area (Å²) in [4.78, 5) is 26.7. The van der Waals surface area contributed by atoms with Crippen molar-refractivity contribution in [2.24, 2.45) is 11.8 Å². The van der Waals surface area contributed by atoms with Gasteiger partial charge in [-0.25, -0.2) is 9.59 Å². The van der Waals surface area contributed by atoms with Crippen LogP contribution in [0.15, 0.2) is 0 Å². The van der Waals surface area contributed by atoms with Gasteiger partial charge >= 0.3 is 12.0 Å². The SMILES string of the molecule is CC(C)CN(CC(C)C)C(=O)N1C[C@@H](O)C[C@H]1C(=O)O. The number of carboxylic acids is 1. The summed E-state index contributed by atoms with van der Waals surface area (Å²) in [5, 5.41) is 18.8. The van der Waals surface area contributed by atoms with Crippen molar-refractivity contribution in [3.63, 3.8) is 0 Å². The van der Waals surface area contributed by atoms with E-state index in [4.69, 9.17) is 0 Å². The highest BCUT2D eigenvalue weighted by atomic mass is 16.4. The van der Waals surface area contributed by atoms with Crippen molar-refractivity contribution in [3.8, 4) is 0 Å². The van der Waals surface area contributed by atoms with Crippen molar-refractivity contribution in [2.75, 3.05) is 19.6 Å². The average Bonchev–Trinajstić information content (AvgIpc) is 2.68. The summed E-state index contributed by atoms with van der Waals surface area (Å²) in [6.07, 6.45) is -0.641. The van der Waals surface area contributed by atoms with E-state index in [0.717, 1.165) is 0 Å². The number of nitrogens with zero attached hydrogens (tertiary/aromatic N) is 2. The highest BCUT2D eigenvalue weighted by Crippen LogP contribution is 2.21. The van der Waals surface area contributed by atoms with Gasteiger partial charge in [-0.1, -0.05) is 27.7 Å². The van der Waals surface area contributed by atoms with Crippen molar-refractivity contribution in [1.82, 2.24) is 9.80 Å². The molecule has 6 heteroatoms. The van der Waals surface area contributed by atoms with Gasteiger partial charge in [0.2, 0.25) is 0 Å². The Kier molecular flexibility index (Phi) is 5.80. The number of carboxylic acid groups (broad SMARTS) is 1. The fraction of sp³-hybridized carbons (Fsp3) is 0.857. The molecule has 0 saturated carbocycles. The van der Waals surface area contributed by atoms with E-state index in [9.17, 15) is 19.8 Å². The number of rotatable bonds is 5. The van der Waals surface area contributed by atoms with Gasteiger partial charge in [0.1, 0.15) is 6.04 Å². The predicted octanol–water partition coefficient (Wildman–Crippen LogP) is 1.24. The monoisotopic (exact) mass is 286 g/mol. The van der Waals surface area contributed by atoms with Crippen LogP contribution in [0.5, 0.6) is 0 Å². The van der Waals surface area contributed by atoms with Gasteiger partial charge in [0.05, 0.1) is 6.10 Å². The molecule has 1 heterocycles. The van der Waals surface area contributed by atoms with Crippen molar-refractivity contribution in [3.05, 3.63) is 0 Å². The Balaban J connectivity index is 2.84. The molecule has 2 N–H and O–H groups in total. The Bertz CT molecular complexity index is 347. The largest absolute Gasteiger partial charge is 0.480 e. The van der Waals surface area contributed by atoms with E-state index in [1.807, 2.05) is 27.7 Å². The molecule has 20 heavy (non-hydrogen) atoms. The summed E-state index contributed by atoms with van der Waals surface area (Å²) in [7, 11) is 0. The minimum Gasteiger partial charge on any atom is -0.480 e. The fourth-order valence-corrected chi connectivity index (χ4v) is 2.55. The van der Waals surface area contributed by atoms with Crippen LogP contribution in [0.4, 0.5) is 4.79 Å². The number of urea groups is 1. The number of aliphatic hydroxyl groups is 1. The first-order valence-electron chi connectivity index (χ1n) is 7.18. The molecule has 0 aromatic rings. The van der Waals surface area contributed by atoms with Gasteiger partial charge in [-0.15, -0.1) is 0 Å². The van der Waals surface area contributed by atoms with Crippen LogP contribution in [-0.4, -0.2) is 63.8 Å². The molecule has 2 amide bonds. The number of hydrogen-bond acceptors (Lipinski definition) is 3. The van der Waals surface area contributed by atoms with Gasteiger partial charge < -0.3 is 20.0 Å². The molecule has 1 saturated heterocycles. The number of hydrogen-bond donors (Lipinski definition) is 2. The molecule has 0 unspecified atom stereocenters. The molecule has 0 aromatic carbocycles. The van der Waals surface area contributed by atoms with Gasteiger partial charge in [0, 0.05) is 26.1 Å². The Hall–Kier alpha value is -1.30. The smallest absolute Gasteiger partial charge is 0.326 e. The van der Waals surface area contributed by atoms with E-state index in [-0.39, 0.29) is 19.0 Å². The molecule has 0 aliphatic carbocycles. The molecule has 1 fully saturated rings. The molecule has 6 nitrogen and oxygen atoms in total. The maximum atomic E-state index is 12.6. The van der Waals surface area contributed by atoms with Crippen molar-refractivity contribution >= 4 is 12.0 Å². The molecule has 1 aliphatic heterocycles. The third-order valence-electron chi connectivity index (χ3n) is 3.25. The summed E-state index contributed by atoms with van der Waals surface area (Å²) in [6.45, 7) is 9.37. The third-order valence-corrected chi connectivity index (χ3v) is 3.25. The highest BCUT2D eigenvalue weighted by Gasteiger charge is 2.40. The number of β-amino-alcohol motifs (C(OH)–C–C–N with tert-alkyl or cyclic N) is 1. The quantitative estimate of drug-likeness (QED) is 0.796. The number of aliphatic hydroxyl groups excluding tert-OH is 1. The Morgan fingerprint density at radius 2 is 1.70 bits per heavy atom. The third kappa shape index (κ3) is 4.37. The maximum Gasteiger partial charge on any atom is 0.326 e. The topological polar surface area (TPSA) is 81.1 Å². The molecule has 0 bridgehead atoms. The molecular weight excluding hydrogens is 260 g/mol. The van der Waals surface area contributed by atoms with Crippen LogP contribution in [-0.2, 0) is 4.79 Å². The number of amides is 2. The molecular formula is C14H26N2O4. The summed E-state index contributed by atoms with van der Waals surface area (Å²) in [5.74, 6) is -0.425. The van der Waals surface area contributed by atoms with Gasteiger partial charge in [-0.2, -0.15) is 0 Å². The number of aliphatic carboxylic acids is 1. The lowest BCUT2D eigenvalue weighted by Gasteiger charge is -2.32. The zero-order valence-electron chi connectivity index (χ0n) is 12.7. The second-order valence-corrected chi connectivity index (χ2v) is 6.37. The van der Waals surface area contributed by atoms with Gasteiger partial charge in [0.25, 0.3) is 0 Å². The standard InChI is InChI=1S/C14H26N2O4/c1-9(2)6-15(7-10(3)4)14(20)16-8-11(17)5-12(16)13(18)19/h9-12,17H,5-8H2,1-4H3,(H,18,19)/t11-,12-/m0/s1. The van der Waals surface area contributed by atoms with Crippen LogP contribution in [0.25, 0.3) is 0 Å². The van der Waals surface area contributed by atoms with E-state index in [2.05, 4.69) is 0 Å². The number of likely N-dealkylation sites (tertiary alicyclic amines) is 1. The first-order valence-corrected chi connectivity index (χ1v) is 7.18. The molecule has 116 valence electrons. The van der Waals surface area contributed by atoms with Crippen LogP contribution in [0.1, 0.15) is 34.1 Å². The first kappa shape index (κ1) is 16.8. The Morgan fingerprint density at radius 3 is 2.10 bits per heavy atom. The van der Waals surface area contributed by atoms with E-state index in [1.165, 1.54) is 4.90 Å². The second-order valence-electron chi connectivity index (χ2n) is 6.37. The van der Waals surface area contributed by atoms with Crippen molar-refractivity contribution in [2.45, 2.75) is 46.3 Å². The zero-order chi connectivity index (χ0) is 15.4. The van der Waals surface area contributed by atoms with E-state index in [1.54, 1.807) is 4.90 Å². The number of carbonyl (C=O) groups is 2. The Morgan fingerprint density at radius 1 is 1.20 bits per heavy atom. The second kappa shape index (κ2) is 6.92. The van der Waals surface area contributed by atoms with Crippen LogP contribution in [0.3, 0.4) is 0 Å². The summed E-state index contributed by atoms with van der Waals surface area (Å²) < 4.78 is 0. The van der Waals surface area contributed by atoms with Gasteiger partial charge in [-0.05, 0) is 11.8 Å². The van der Waals surface area contributed by atoms with E-state index in [0.29, 0.717) is 24.9 Å². The van der Waals surface area contributed by atoms with E-state index < -0.39 is 18.1 Å². The maximum absolute atomic E-state index is 12.6. The lowest BCUT2D eigenvalue weighted by Crippen LogP contribution is -2.50. The van der Waals surface area contributed by atoms with Crippen LogP contribution in [0, 0.1) is 11.8 Å². The molecule has 0 aromatic heterocycles. The summed E-state index contributed by atoms with van der Waals surface area (Å²) in [5.41, 5.74) is 0. The Labute approximate surface area is 120 Å². The van der Waals surface area contributed by atoms with Gasteiger partial charge in [-0.3, -0.25) is 0 Å². The molecule has 0 spiro atoms. The lowest BCUT2D eigenvalue weighted by atomic mass is 10.1. The lowest BCUT2D eigenvalue weighted by molar-refractivity contribution is -0.141. The van der Waals surface area contributed by atoms with E-state index >= 15 is 0 Å². The first-order chi connectivity index (χ1) is 9.22. The number of carbonyl (C=O) groups excluding carboxylic acids is 1. The predicted molar refractivity (Wildman–Crippen MR) is 75.4 cm³/mol. The molecule has 1 rings (SSSR count). The molecule has 2 atom stereocenters. The normalized spacial score (nSPS) is 22.6. The summed E-state index contributed by atoms with van der Waals surface area (Å²) in [6, 6.07) is -1.20. The van der Waals surface area contributed by atoms with Crippen LogP contribution < -0.4 is 0 Å². The highest BCUT2D eigenvalue weighted by molar-refractivity contribution is 5.83. The van der Waals surface area contributed by atoms with Gasteiger partial charge in [0.15, 0.2) is 0 Å². The zero-order valence-corrected chi connectivity index (χ0v) is 12.7.